The van der Waals surface area contributed by atoms with Crippen molar-refractivity contribution in [3.05, 3.63) is 28.2 Å². The van der Waals surface area contributed by atoms with Gasteiger partial charge in [0.15, 0.2) is 5.82 Å². The molecule has 0 saturated carbocycles. The first-order chi connectivity index (χ1) is 6.75. The van der Waals surface area contributed by atoms with E-state index in [4.69, 9.17) is 5.73 Å². The van der Waals surface area contributed by atoms with E-state index in [0.717, 1.165) is 10.8 Å². The zero-order chi connectivity index (χ0) is 9.97. The fourth-order valence-electron chi connectivity index (χ4n) is 1.08. The molecule has 2 aromatic rings. The maximum Gasteiger partial charge on any atom is 0.167 e. The first kappa shape index (κ1) is 9.29. The van der Waals surface area contributed by atoms with Gasteiger partial charge in [0.05, 0.1) is 12.5 Å². The van der Waals surface area contributed by atoms with Crippen LogP contribution in [0.15, 0.2) is 11.6 Å². The van der Waals surface area contributed by atoms with Crippen LogP contribution in [0.3, 0.4) is 0 Å². The first-order valence-electron chi connectivity index (χ1n) is 4.31. The molecule has 0 radical (unpaired) electrons. The van der Waals surface area contributed by atoms with Crippen LogP contribution in [0.2, 0.25) is 0 Å². The van der Waals surface area contributed by atoms with Gasteiger partial charge in [-0.15, -0.1) is 11.3 Å². The van der Waals surface area contributed by atoms with Gasteiger partial charge in [0.2, 0.25) is 0 Å². The molecule has 0 aliphatic rings. The summed E-state index contributed by atoms with van der Waals surface area (Å²) in [6.07, 6.45) is 2.47. The summed E-state index contributed by atoms with van der Waals surface area (Å²) in [7, 11) is 0. The van der Waals surface area contributed by atoms with Crippen molar-refractivity contribution in [3.63, 3.8) is 0 Å². The molecule has 0 fully saturated rings. The highest BCUT2D eigenvalue weighted by Crippen LogP contribution is 2.09. The number of H-pyrrole nitrogens is 1. The fraction of sp³-hybridized carbons (Fsp3) is 0.375. The maximum absolute atomic E-state index is 5.64. The molecule has 0 bridgehead atoms. The average molecular weight is 209 g/mol. The number of rotatable bonds is 3. The van der Waals surface area contributed by atoms with Crippen LogP contribution in [0.5, 0.6) is 0 Å². The van der Waals surface area contributed by atoms with Gasteiger partial charge in [-0.1, -0.05) is 0 Å². The van der Waals surface area contributed by atoms with E-state index in [9.17, 15) is 0 Å². The number of aromatic nitrogens is 4. The van der Waals surface area contributed by atoms with Crippen molar-refractivity contribution in [2.45, 2.75) is 19.4 Å². The Hall–Kier alpha value is -1.27. The molecule has 0 aliphatic heterocycles. The maximum atomic E-state index is 5.64. The van der Waals surface area contributed by atoms with Crippen LogP contribution in [-0.4, -0.2) is 20.2 Å². The van der Waals surface area contributed by atoms with Gasteiger partial charge >= 0.3 is 0 Å². The van der Waals surface area contributed by atoms with Gasteiger partial charge in [0.25, 0.3) is 0 Å². The topological polar surface area (TPSA) is 80.5 Å². The first-order valence-corrected chi connectivity index (χ1v) is 5.19. The van der Waals surface area contributed by atoms with Gasteiger partial charge in [-0.05, 0) is 6.92 Å². The lowest BCUT2D eigenvalue weighted by molar-refractivity contribution is 0.744. The third kappa shape index (κ3) is 1.97. The highest BCUT2D eigenvalue weighted by molar-refractivity contribution is 7.09. The van der Waals surface area contributed by atoms with E-state index in [-0.39, 0.29) is 6.04 Å². The summed E-state index contributed by atoms with van der Waals surface area (Å²) in [4.78, 5) is 8.42. The molecule has 3 N–H and O–H groups in total. The quantitative estimate of drug-likeness (QED) is 0.786. The van der Waals surface area contributed by atoms with E-state index in [2.05, 4.69) is 20.2 Å². The fourth-order valence-corrected chi connectivity index (χ4v) is 1.70. The lowest BCUT2D eigenvalue weighted by Gasteiger charge is -1.94. The Bertz CT molecular complexity index is 392. The van der Waals surface area contributed by atoms with Crippen LogP contribution in [0.4, 0.5) is 0 Å². The Balaban J connectivity index is 2.11. The van der Waals surface area contributed by atoms with Crippen molar-refractivity contribution in [3.8, 4) is 0 Å². The molecule has 0 amide bonds. The smallest absolute Gasteiger partial charge is 0.167 e. The average Bonchev–Trinajstić information content (AvgIpc) is 2.75. The van der Waals surface area contributed by atoms with Crippen LogP contribution in [-0.2, 0) is 6.42 Å². The number of nitrogens with zero attached hydrogens (tertiary/aromatic N) is 3. The predicted octanol–water partition coefficient (Wildman–Crippen LogP) is 0.872. The van der Waals surface area contributed by atoms with Crippen molar-refractivity contribution in [1.29, 1.82) is 0 Å². The van der Waals surface area contributed by atoms with Crippen LogP contribution in [0, 0.1) is 0 Å². The Kier molecular flexibility index (Phi) is 2.55. The number of aromatic amines is 1. The van der Waals surface area contributed by atoms with E-state index in [1.54, 1.807) is 17.5 Å². The number of hydrogen-bond acceptors (Lipinski definition) is 5. The van der Waals surface area contributed by atoms with E-state index < -0.39 is 0 Å². The number of hydrogen-bond donors (Lipinski definition) is 2. The van der Waals surface area contributed by atoms with Crippen molar-refractivity contribution < 1.29 is 0 Å². The Morgan fingerprint density at radius 2 is 2.50 bits per heavy atom. The van der Waals surface area contributed by atoms with Crippen molar-refractivity contribution in [1.82, 2.24) is 20.2 Å². The third-order valence-corrected chi connectivity index (χ3v) is 2.54. The summed E-state index contributed by atoms with van der Waals surface area (Å²) in [5, 5.41) is 9.83. The van der Waals surface area contributed by atoms with Crippen molar-refractivity contribution in [2.24, 2.45) is 5.73 Å². The van der Waals surface area contributed by atoms with Gasteiger partial charge in [0.1, 0.15) is 10.8 Å². The number of nitrogens with one attached hydrogen (secondary N) is 1. The van der Waals surface area contributed by atoms with E-state index in [0.29, 0.717) is 12.2 Å². The second kappa shape index (κ2) is 3.85. The van der Waals surface area contributed by atoms with Crippen LogP contribution >= 0.6 is 11.3 Å². The second-order valence-electron chi connectivity index (χ2n) is 3.03. The Morgan fingerprint density at radius 3 is 3.07 bits per heavy atom. The summed E-state index contributed by atoms with van der Waals surface area (Å²) < 4.78 is 0. The Morgan fingerprint density at radius 1 is 1.64 bits per heavy atom. The molecular formula is C8H11N5S. The predicted molar refractivity (Wildman–Crippen MR) is 53.9 cm³/mol. The van der Waals surface area contributed by atoms with Gasteiger partial charge < -0.3 is 5.73 Å². The van der Waals surface area contributed by atoms with Gasteiger partial charge in [0, 0.05) is 11.6 Å². The minimum atomic E-state index is -0.128. The molecule has 2 heterocycles. The van der Waals surface area contributed by atoms with Crippen molar-refractivity contribution >= 4 is 11.3 Å². The van der Waals surface area contributed by atoms with E-state index >= 15 is 0 Å². The molecule has 1 atom stereocenters. The summed E-state index contributed by atoms with van der Waals surface area (Å²) in [6.45, 7) is 1.86. The van der Waals surface area contributed by atoms with Gasteiger partial charge in [-0.2, -0.15) is 5.10 Å². The normalized spacial score (nSPS) is 13.0. The highest BCUT2D eigenvalue weighted by Gasteiger charge is 2.08. The second-order valence-corrected chi connectivity index (χ2v) is 4.01. The number of thiazole rings is 1. The van der Waals surface area contributed by atoms with E-state index in [1.165, 1.54) is 0 Å². The van der Waals surface area contributed by atoms with Crippen LogP contribution in [0.1, 0.15) is 29.6 Å². The highest BCUT2D eigenvalue weighted by atomic mass is 32.1. The van der Waals surface area contributed by atoms with Crippen LogP contribution < -0.4 is 5.73 Å². The SMILES string of the molecule is CC(N)c1n[nH]c(Cc2nccs2)n1. The largest absolute Gasteiger partial charge is 0.321 e. The molecule has 2 rings (SSSR count). The molecule has 2 aromatic heterocycles. The summed E-state index contributed by atoms with van der Waals surface area (Å²) in [5.41, 5.74) is 5.64. The summed E-state index contributed by atoms with van der Waals surface area (Å²) >= 11 is 1.61. The zero-order valence-electron chi connectivity index (χ0n) is 7.77. The van der Waals surface area contributed by atoms with Crippen molar-refractivity contribution in [2.75, 3.05) is 0 Å². The van der Waals surface area contributed by atoms with Gasteiger partial charge in [-0.25, -0.2) is 9.97 Å². The molecule has 5 nitrogen and oxygen atoms in total. The summed E-state index contributed by atoms with van der Waals surface area (Å²) in [5.74, 6) is 1.46. The van der Waals surface area contributed by atoms with E-state index in [1.807, 2.05) is 12.3 Å². The lowest BCUT2D eigenvalue weighted by atomic mass is 10.3. The molecule has 14 heavy (non-hydrogen) atoms. The summed E-state index contributed by atoms with van der Waals surface area (Å²) in [6, 6.07) is -0.128. The third-order valence-electron chi connectivity index (χ3n) is 1.76. The number of nitrogens with two attached hydrogens (primary N) is 1. The lowest BCUT2D eigenvalue weighted by Crippen LogP contribution is -2.06. The molecular weight excluding hydrogens is 198 g/mol. The van der Waals surface area contributed by atoms with Gasteiger partial charge in [-0.3, -0.25) is 5.10 Å². The Labute approximate surface area is 85.4 Å². The minimum absolute atomic E-state index is 0.128. The zero-order valence-corrected chi connectivity index (χ0v) is 8.58. The molecule has 74 valence electrons. The molecule has 6 heteroatoms. The minimum Gasteiger partial charge on any atom is -0.321 e. The molecule has 0 saturated heterocycles. The molecule has 0 aromatic carbocycles. The monoisotopic (exact) mass is 209 g/mol. The molecule has 1 unspecified atom stereocenters. The van der Waals surface area contributed by atoms with Crippen LogP contribution in [0.25, 0.3) is 0 Å². The molecule has 0 spiro atoms. The molecule has 0 aliphatic carbocycles. The standard InChI is InChI=1S/C8H11N5S/c1-5(9)8-11-6(12-13-8)4-7-10-2-3-14-7/h2-3,5H,4,9H2,1H3,(H,11,12,13).